The van der Waals surface area contributed by atoms with Crippen molar-refractivity contribution in [3.05, 3.63) is 0 Å². The van der Waals surface area contributed by atoms with Gasteiger partial charge in [-0.25, -0.2) is 0 Å². The van der Waals surface area contributed by atoms with Crippen LogP contribution in [0.25, 0.3) is 0 Å². The highest BCUT2D eigenvalue weighted by molar-refractivity contribution is 5.66. The number of carboxylic acids is 1. The molecule has 0 radical (unpaired) electrons. The van der Waals surface area contributed by atoms with Crippen LogP contribution in [0.1, 0.15) is 104 Å². The molecule has 0 rings (SSSR count). The second-order valence-corrected chi connectivity index (χ2v) is 7.27. The lowest BCUT2D eigenvalue weighted by molar-refractivity contribution is -0.137. The van der Waals surface area contributed by atoms with Gasteiger partial charge >= 0.3 is 5.97 Å². The zero-order valence-electron chi connectivity index (χ0n) is 17.8. The smallest absolute Gasteiger partial charge is 0.303 e. The molecular weight excluding hydrogens is 312 g/mol. The number of unbranched alkanes of at least 4 members (excludes halogenated alkanes) is 10. The van der Waals surface area contributed by atoms with Gasteiger partial charge in [0.1, 0.15) is 0 Å². The summed E-state index contributed by atoms with van der Waals surface area (Å²) in [6, 6.07) is 0. The van der Waals surface area contributed by atoms with Gasteiger partial charge in [0.25, 0.3) is 0 Å². The van der Waals surface area contributed by atoms with E-state index in [1.807, 2.05) is 0 Å². The van der Waals surface area contributed by atoms with Crippen LogP contribution in [-0.2, 0) is 4.79 Å². The number of carboxylic acid groups (broad SMARTS) is 1. The molecule has 0 spiro atoms. The summed E-state index contributed by atoms with van der Waals surface area (Å²) in [5.74, 6) is -0.659. The first-order valence-electron chi connectivity index (χ1n) is 10.6. The summed E-state index contributed by atoms with van der Waals surface area (Å²) >= 11 is 0. The maximum absolute atomic E-state index is 10.2. The number of nitrogens with one attached hydrogen (secondary N) is 1. The van der Waals surface area contributed by atoms with Gasteiger partial charge < -0.3 is 10.4 Å². The van der Waals surface area contributed by atoms with E-state index in [1.165, 1.54) is 64.2 Å². The number of rotatable bonds is 16. The van der Waals surface area contributed by atoms with Crippen molar-refractivity contribution in [3.63, 3.8) is 0 Å². The molecule has 152 valence electrons. The maximum atomic E-state index is 10.2. The van der Waals surface area contributed by atoms with E-state index in [0.29, 0.717) is 12.6 Å². The Morgan fingerprint density at radius 2 is 1.28 bits per heavy atom. The summed E-state index contributed by atoms with van der Waals surface area (Å²) < 4.78 is 0. The van der Waals surface area contributed by atoms with Crippen LogP contribution < -0.4 is 5.32 Å². The molecule has 1 unspecified atom stereocenters. The molecule has 0 aromatic carbocycles. The van der Waals surface area contributed by atoms with E-state index in [4.69, 9.17) is 5.11 Å². The summed E-state index contributed by atoms with van der Waals surface area (Å²) in [4.78, 5) is 12.4. The minimum absolute atomic E-state index is 0.343. The molecule has 0 aliphatic heterocycles. The van der Waals surface area contributed by atoms with Crippen molar-refractivity contribution in [2.24, 2.45) is 0 Å². The highest BCUT2D eigenvalue weighted by Gasteiger charge is 2.00. The zero-order chi connectivity index (χ0) is 19.3. The Balaban J connectivity index is 0. The van der Waals surface area contributed by atoms with Crippen molar-refractivity contribution in [2.45, 2.75) is 110 Å². The third-order valence-electron chi connectivity index (χ3n) is 4.49. The van der Waals surface area contributed by atoms with E-state index in [2.05, 4.69) is 45.1 Å². The normalized spacial score (nSPS) is 11.9. The molecule has 25 heavy (non-hydrogen) atoms. The van der Waals surface area contributed by atoms with Crippen LogP contribution in [0.3, 0.4) is 0 Å². The highest BCUT2D eigenvalue weighted by Crippen LogP contribution is 2.10. The third kappa shape index (κ3) is 25.7. The van der Waals surface area contributed by atoms with Crippen molar-refractivity contribution < 1.29 is 9.90 Å². The monoisotopic (exact) mass is 358 g/mol. The van der Waals surface area contributed by atoms with E-state index >= 15 is 0 Å². The summed E-state index contributed by atoms with van der Waals surface area (Å²) in [7, 11) is 4.19. The Hall–Kier alpha value is -0.610. The fourth-order valence-corrected chi connectivity index (χ4v) is 2.46. The molecular formula is C21H46N2O2. The standard InChI is InChI=1S/C12H24O2.C9H22N2/c1-2-3-4-5-6-7-8-9-10-11-12(13)14;1-5-6-7-8-10-9(2)11(3)4/h2-11H2,1H3,(H,13,14);9-10H,5-8H2,1-4H3. The first-order valence-corrected chi connectivity index (χ1v) is 10.6. The molecule has 0 aromatic heterocycles. The lowest BCUT2D eigenvalue weighted by Gasteiger charge is -2.20. The van der Waals surface area contributed by atoms with Crippen molar-refractivity contribution in [1.82, 2.24) is 10.2 Å². The van der Waals surface area contributed by atoms with Gasteiger partial charge in [-0.05, 0) is 40.4 Å². The van der Waals surface area contributed by atoms with E-state index in [0.717, 1.165) is 19.4 Å². The fourth-order valence-electron chi connectivity index (χ4n) is 2.46. The summed E-state index contributed by atoms with van der Waals surface area (Å²) in [5, 5.41) is 11.9. The van der Waals surface area contributed by atoms with Gasteiger partial charge in [-0.2, -0.15) is 0 Å². The predicted octanol–water partition coefficient (Wildman–Crippen LogP) is 5.67. The third-order valence-corrected chi connectivity index (χ3v) is 4.49. The number of aliphatic carboxylic acids is 1. The molecule has 0 bridgehead atoms. The van der Waals surface area contributed by atoms with Gasteiger partial charge in [0.15, 0.2) is 0 Å². The Morgan fingerprint density at radius 1 is 0.840 bits per heavy atom. The number of carbonyl (C=O) groups is 1. The molecule has 0 saturated heterocycles. The molecule has 0 aliphatic rings. The van der Waals surface area contributed by atoms with E-state index in [9.17, 15) is 4.79 Å². The van der Waals surface area contributed by atoms with Crippen LogP contribution in [0.5, 0.6) is 0 Å². The van der Waals surface area contributed by atoms with Crippen molar-refractivity contribution >= 4 is 5.97 Å². The summed E-state index contributed by atoms with van der Waals surface area (Å²) in [6.45, 7) is 7.79. The minimum Gasteiger partial charge on any atom is -0.481 e. The van der Waals surface area contributed by atoms with Crippen LogP contribution in [0.2, 0.25) is 0 Å². The van der Waals surface area contributed by atoms with Crippen molar-refractivity contribution in [3.8, 4) is 0 Å². The largest absolute Gasteiger partial charge is 0.481 e. The van der Waals surface area contributed by atoms with Crippen LogP contribution in [-0.4, -0.2) is 42.8 Å². The number of hydrogen-bond donors (Lipinski definition) is 2. The van der Waals surface area contributed by atoms with Crippen LogP contribution in [0.15, 0.2) is 0 Å². The summed E-state index contributed by atoms with van der Waals surface area (Å²) in [6.07, 6.45) is 15.9. The molecule has 0 aliphatic carbocycles. The molecule has 0 fully saturated rings. The zero-order valence-corrected chi connectivity index (χ0v) is 17.8. The second-order valence-electron chi connectivity index (χ2n) is 7.27. The van der Waals surface area contributed by atoms with Gasteiger partial charge in [0.2, 0.25) is 0 Å². The van der Waals surface area contributed by atoms with Gasteiger partial charge in [-0.15, -0.1) is 0 Å². The molecule has 4 nitrogen and oxygen atoms in total. The van der Waals surface area contributed by atoms with Crippen molar-refractivity contribution in [1.29, 1.82) is 0 Å². The van der Waals surface area contributed by atoms with Crippen LogP contribution >= 0.6 is 0 Å². The average Bonchev–Trinajstić information content (AvgIpc) is 2.57. The molecule has 1 atom stereocenters. The lowest BCUT2D eigenvalue weighted by atomic mass is 10.1. The van der Waals surface area contributed by atoms with Gasteiger partial charge in [0.05, 0.1) is 6.17 Å². The molecule has 0 heterocycles. The number of nitrogens with zero attached hydrogens (tertiary/aromatic N) is 1. The highest BCUT2D eigenvalue weighted by atomic mass is 16.4. The second kappa shape index (κ2) is 21.4. The SMILES string of the molecule is CCCCCCCCCCCC(=O)O.CCCCCNC(C)N(C)C. The van der Waals surface area contributed by atoms with Gasteiger partial charge in [-0.1, -0.05) is 78.1 Å². The van der Waals surface area contributed by atoms with E-state index in [1.54, 1.807) is 0 Å². The Kier molecular flexibility index (Phi) is 22.8. The van der Waals surface area contributed by atoms with Crippen molar-refractivity contribution in [2.75, 3.05) is 20.6 Å². The topological polar surface area (TPSA) is 52.6 Å². The lowest BCUT2D eigenvalue weighted by Crippen LogP contribution is -2.39. The van der Waals surface area contributed by atoms with Crippen LogP contribution in [0, 0.1) is 0 Å². The molecule has 0 amide bonds. The Labute approximate surface area is 157 Å². The summed E-state index contributed by atoms with van der Waals surface area (Å²) in [5.41, 5.74) is 0. The molecule has 0 saturated carbocycles. The average molecular weight is 359 g/mol. The fraction of sp³-hybridized carbons (Fsp3) is 0.952. The van der Waals surface area contributed by atoms with Gasteiger partial charge in [-0.3, -0.25) is 9.69 Å². The van der Waals surface area contributed by atoms with E-state index < -0.39 is 5.97 Å². The molecule has 4 heteroatoms. The predicted molar refractivity (Wildman–Crippen MR) is 110 cm³/mol. The molecule has 2 N–H and O–H groups in total. The molecule has 0 aromatic rings. The first kappa shape index (κ1) is 26.6. The Morgan fingerprint density at radius 3 is 1.72 bits per heavy atom. The quantitative estimate of drug-likeness (QED) is 0.276. The van der Waals surface area contributed by atoms with E-state index in [-0.39, 0.29) is 0 Å². The van der Waals surface area contributed by atoms with Gasteiger partial charge in [0, 0.05) is 6.42 Å². The Bertz CT molecular complexity index is 271. The maximum Gasteiger partial charge on any atom is 0.303 e. The minimum atomic E-state index is -0.659. The van der Waals surface area contributed by atoms with Crippen LogP contribution in [0.4, 0.5) is 0 Å². The number of hydrogen-bond acceptors (Lipinski definition) is 3. The first-order chi connectivity index (χ1) is 12.0.